The van der Waals surface area contributed by atoms with E-state index in [0.29, 0.717) is 12.1 Å². The summed E-state index contributed by atoms with van der Waals surface area (Å²) in [6.45, 7) is 0.469. The minimum absolute atomic E-state index is 0.0113. The van der Waals surface area contributed by atoms with Gasteiger partial charge in [-0.3, -0.25) is 0 Å². The van der Waals surface area contributed by atoms with Crippen LogP contribution in [0.15, 0.2) is 24.3 Å². The van der Waals surface area contributed by atoms with Gasteiger partial charge in [-0.05, 0) is 42.9 Å². The van der Waals surface area contributed by atoms with Crippen LogP contribution in [0.5, 0.6) is 0 Å². The molecule has 0 radical (unpaired) electrons. The van der Waals surface area contributed by atoms with Crippen molar-refractivity contribution in [3.05, 3.63) is 35.4 Å². The second-order valence-electron chi connectivity index (χ2n) is 4.26. The third-order valence-corrected chi connectivity index (χ3v) is 3.39. The van der Waals surface area contributed by atoms with Gasteiger partial charge in [-0.2, -0.15) is 13.2 Å². The van der Waals surface area contributed by atoms with E-state index in [9.17, 15) is 13.2 Å². The minimum Gasteiger partial charge on any atom is -0.330 e. The number of rotatable bonds is 2. The molecule has 0 saturated heterocycles. The van der Waals surface area contributed by atoms with Gasteiger partial charge in [0, 0.05) is 0 Å². The number of halogens is 3. The third-order valence-electron chi connectivity index (χ3n) is 3.39. The van der Waals surface area contributed by atoms with E-state index in [0.717, 1.165) is 18.9 Å². The van der Waals surface area contributed by atoms with Crippen LogP contribution in [-0.4, -0.2) is 6.54 Å². The zero-order chi connectivity index (χ0) is 11.8. The number of hydrogen-bond donors (Lipinski definition) is 1. The summed E-state index contributed by atoms with van der Waals surface area (Å²) in [6.07, 6.45) is -2.51. The first-order valence-electron chi connectivity index (χ1n) is 5.40. The summed E-state index contributed by atoms with van der Waals surface area (Å²) < 4.78 is 38.3. The van der Waals surface area contributed by atoms with Crippen LogP contribution < -0.4 is 5.73 Å². The summed E-state index contributed by atoms with van der Waals surface area (Å²) in [5, 5.41) is 0. The first-order chi connectivity index (χ1) is 7.54. The van der Waals surface area contributed by atoms with Gasteiger partial charge in [0.1, 0.15) is 0 Å². The van der Waals surface area contributed by atoms with Gasteiger partial charge in [0.05, 0.1) is 5.56 Å². The summed E-state index contributed by atoms with van der Waals surface area (Å²) in [4.78, 5) is 0. The predicted octanol–water partition coefficient (Wildman–Crippen LogP) is 3.16. The normalized spacial score (nSPS) is 25.2. The molecule has 1 saturated carbocycles. The van der Waals surface area contributed by atoms with E-state index in [2.05, 4.69) is 0 Å². The van der Waals surface area contributed by atoms with Crippen molar-refractivity contribution in [3.8, 4) is 0 Å². The fourth-order valence-corrected chi connectivity index (χ4v) is 2.34. The third kappa shape index (κ3) is 1.94. The highest BCUT2D eigenvalue weighted by Gasteiger charge is 2.39. The first kappa shape index (κ1) is 11.5. The van der Waals surface area contributed by atoms with Crippen molar-refractivity contribution in [1.82, 2.24) is 0 Å². The van der Waals surface area contributed by atoms with Gasteiger partial charge in [-0.1, -0.05) is 18.2 Å². The van der Waals surface area contributed by atoms with Crippen LogP contribution in [0, 0.1) is 5.92 Å². The molecule has 16 heavy (non-hydrogen) atoms. The van der Waals surface area contributed by atoms with Crippen molar-refractivity contribution in [2.24, 2.45) is 11.7 Å². The van der Waals surface area contributed by atoms with E-state index in [-0.39, 0.29) is 11.8 Å². The van der Waals surface area contributed by atoms with E-state index >= 15 is 0 Å². The van der Waals surface area contributed by atoms with Crippen molar-refractivity contribution in [1.29, 1.82) is 0 Å². The fraction of sp³-hybridized carbons (Fsp3) is 0.500. The Bertz CT molecular complexity index is 371. The summed E-state index contributed by atoms with van der Waals surface area (Å²) in [5.41, 5.74) is 5.45. The number of hydrogen-bond acceptors (Lipinski definition) is 1. The van der Waals surface area contributed by atoms with Gasteiger partial charge < -0.3 is 5.73 Å². The SMILES string of the molecule is NCC1CCC1c1ccccc1C(F)(F)F. The van der Waals surface area contributed by atoms with Crippen LogP contribution in [0.4, 0.5) is 13.2 Å². The highest BCUT2D eigenvalue weighted by atomic mass is 19.4. The van der Waals surface area contributed by atoms with Gasteiger partial charge in [-0.25, -0.2) is 0 Å². The van der Waals surface area contributed by atoms with Gasteiger partial charge in [-0.15, -0.1) is 0 Å². The topological polar surface area (TPSA) is 26.0 Å². The Morgan fingerprint density at radius 1 is 1.19 bits per heavy atom. The van der Waals surface area contributed by atoms with E-state index in [4.69, 9.17) is 5.73 Å². The molecular weight excluding hydrogens is 215 g/mol. The Balaban J connectivity index is 2.34. The molecule has 1 aliphatic rings. The van der Waals surface area contributed by atoms with Crippen molar-refractivity contribution >= 4 is 0 Å². The van der Waals surface area contributed by atoms with Gasteiger partial charge >= 0.3 is 6.18 Å². The van der Waals surface area contributed by atoms with Crippen LogP contribution in [0.2, 0.25) is 0 Å². The minimum atomic E-state index is -4.26. The largest absolute Gasteiger partial charge is 0.416 e. The maximum Gasteiger partial charge on any atom is 0.416 e. The molecule has 1 aromatic rings. The second kappa shape index (κ2) is 4.09. The molecule has 2 N–H and O–H groups in total. The van der Waals surface area contributed by atoms with Crippen LogP contribution >= 0.6 is 0 Å². The molecule has 0 spiro atoms. The standard InChI is InChI=1S/C12H14F3N/c13-12(14,15)11-4-2-1-3-10(11)9-6-5-8(9)7-16/h1-4,8-9H,5-7,16H2. The highest BCUT2D eigenvalue weighted by Crippen LogP contribution is 2.46. The van der Waals surface area contributed by atoms with Crippen molar-refractivity contribution in [2.45, 2.75) is 24.9 Å². The predicted molar refractivity (Wildman–Crippen MR) is 56.0 cm³/mol. The fourth-order valence-electron chi connectivity index (χ4n) is 2.34. The molecule has 1 nitrogen and oxygen atoms in total. The zero-order valence-corrected chi connectivity index (χ0v) is 8.80. The Morgan fingerprint density at radius 2 is 1.88 bits per heavy atom. The van der Waals surface area contributed by atoms with Crippen LogP contribution in [-0.2, 0) is 6.18 Å². The molecule has 4 heteroatoms. The van der Waals surface area contributed by atoms with Crippen LogP contribution in [0.3, 0.4) is 0 Å². The van der Waals surface area contributed by atoms with Crippen molar-refractivity contribution in [3.63, 3.8) is 0 Å². The van der Waals surface area contributed by atoms with E-state index in [1.54, 1.807) is 12.1 Å². The maximum absolute atomic E-state index is 12.8. The smallest absolute Gasteiger partial charge is 0.330 e. The van der Waals surface area contributed by atoms with E-state index < -0.39 is 11.7 Å². The van der Waals surface area contributed by atoms with Gasteiger partial charge in [0.25, 0.3) is 0 Å². The molecule has 2 unspecified atom stereocenters. The van der Waals surface area contributed by atoms with E-state index in [1.165, 1.54) is 6.07 Å². The Morgan fingerprint density at radius 3 is 2.38 bits per heavy atom. The Labute approximate surface area is 92.5 Å². The lowest BCUT2D eigenvalue weighted by Crippen LogP contribution is -2.32. The summed E-state index contributed by atoms with van der Waals surface area (Å²) in [5.74, 6) is 0.200. The molecule has 0 amide bonds. The summed E-state index contributed by atoms with van der Waals surface area (Å²) in [6, 6.07) is 5.83. The first-order valence-corrected chi connectivity index (χ1v) is 5.40. The maximum atomic E-state index is 12.8. The number of alkyl halides is 3. The monoisotopic (exact) mass is 229 g/mol. The summed E-state index contributed by atoms with van der Waals surface area (Å²) in [7, 11) is 0. The van der Waals surface area contributed by atoms with Crippen LogP contribution in [0.25, 0.3) is 0 Å². The molecule has 88 valence electrons. The van der Waals surface area contributed by atoms with Crippen molar-refractivity contribution in [2.75, 3.05) is 6.54 Å². The molecule has 0 aliphatic heterocycles. The Kier molecular flexibility index (Phi) is 2.93. The van der Waals surface area contributed by atoms with Crippen LogP contribution in [0.1, 0.15) is 29.9 Å². The van der Waals surface area contributed by atoms with Gasteiger partial charge in [0.2, 0.25) is 0 Å². The molecule has 1 fully saturated rings. The molecule has 1 aliphatic carbocycles. The Hall–Kier alpha value is -1.03. The lowest BCUT2D eigenvalue weighted by Gasteiger charge is -2.37. The average molecular weight is 229 g/mol. The number of benzene rings is 1. The average Bonchev–Trinajstić information content (AvgIpc) is 2.16. The lowest BCUT2D eigenvalue weighted by atomic mass is 9.69. The second-order valence-corrected chi connectivity index (χ2v) is 4.26. The molecule has 0 aromatic heterocycles. The zero-order valence-electron chi connectivity index (χ0n) is 8.80. The highest BCUT2D eigenvalue weighted by molar-refractivity contribution is 5.34. The lowest BCUT2D eigenvalue weighted by molar-refractivity contribution is -0.138. The molecule has 2 rings (SSSR count). The quantitative estimate of drug-likeness (QED) is 0.828. The summed E-state index contributed by atoms with van der Waals surface area (Å²) >= 11 is 0. The molecule has 0 bridgehead atoms. The molecule has 2 atom stereocenters. The molecular formula is C12H14F3N. The molecule has 1 aromatic carbocycles. The molecule has 0 heterocycles. The van der Waals surface area contributed by atoms with Crippen molar-refractivity contribution < 1.29 is 13.2 Å². The van der Waals surface area contributed by atoms with Gasteiger partial charge in [0.15, 0.2) is 0 Å². The van der Waals surface area contributed by atoms with E-state index in [1.807, 2.05) is 0 Å². The number of nitrogens with two attached hydrogens (primary N) is 1.